The number of hydrogen-bond acceptors (Lipinski definition) is 5. The third-order valence-corrected chi connectivity index (χ3v) is 6.46. The normalized spacial score (nSPS) is 27.9. The first-order chi connectivity index (χ1) is 13.0. The minimum Gasteiger partial charge on any atom is -0.389 e. The molecule has 6 heteroatoms. The second-order valence-corrected chi connectivity index (χ2v) is 8.21. The Bertz CT molecular complexity index is 875. The zero-order valence-corrected chi connectivity index (χ0v) is 16.2. The lowest BCUT2D eigenvalue weighted by molar-refractivity contribution is -0.131. The Morgan fingerprint density at radius 3 is 2.85 bits per heavy atom. The summed E-state index contributed by atoms with van der Waals surface area (Å²) in [5.74, 6) is 0.521. The number of aryl methyl sites for hydroxylation is 1. The largest absolute Gasteiger partial charge is 0.389 e. The van der Waals surface area contributed by atoms with E-state index < -0.39 is 5.60 Å². The van der Waals surface area contributed by atoms with E-state index in [1.807, 2.05) is 25.1 Å². The van der Waals surface area contributed by atoms with Crippen molar-refractivity contribution in [2.75, 3.05) is 26.3 Å². The summed E-state index contributed by atoms with van der Waals surface area (Å²) in [6.45, 7) is 7.87. The van der Waals surface area contributed by atoms with Gasteiger partial charge in [-0.15, -0.1) is 0 Å². The maximum Gasteiger partial charge on any atom is 0.258 e. The first kappa shape index (κ1) is 18.6. The van der Waals surface area contributed by atoms with Gasteiger partial charge in [0.05, 0.1) is 11.3 Å². The van der Waals surface area contributed by atoms with E-state index in [0.29, 0.717) is 18.1 Å². The third-order valence-electron chi connectivity index (χ3n) is 6.46. The predicted molar refractivity (Wildman–Crippen MR) is 104 cm³/mol. The minimum absolute atomic E-state index is 0.0307. The molecule has 2 atom stereocenters. The van der Waals surface area contributed by atoms with Gasteiger partial charge in [0.2, 0.25) is 0 Å². The topological polar surface area (TPSA) is 67.1 Å². The van der Waals surface area contributed by atoms with Gasteiger partial charge in [0.25, 0.3) is 5.56 Å². The van der Waals surface area contributed by atoms with Crippen LogP contribution in [0.3, 0.4) is 0 Å². The van der Waals surface area contributed by atoms with E-state index in [1.54, 1.807) is 10.5 Å². The number of aromatic nitrogens is 2. The molecule has 146 valence electrons. The molecule has 0 bridgehead atoms. The maximum absolute atomic E-state index is 12.5. The Morgan fingerprint density at radius 1 is 1.33 bits per heavy atom. The van der Waals surface area contributed by atoms with E-state index in [-0.39, 0.29) is 11.5 Å². The van der Waals surface area contributed by atoms with Gasteiger partial charge in [-0.3, -0.25) is 14.1 Å². The molecule has 4 heterocycles. The first-order valence-corrected chi connectivity index (χ1v) is 9.98. The maximum atomic E-state index is 12.5. The monoisotopic (exact) mass is 371 g/mol. The average molecular weight is 371 g/mol. The summed E-state index contributed by atoms with van der Waals surface area (Å²) in [5, 5.41) is 11.3. The molecule has 0 aromatic carbocycles. The molecule has 27 heavy (non-hydrogen) atoms. The van der Waals surface area contributed by atoms with Crippen LogP contribution in [0.2, 0.25) is 0 Å². The molecule has 6 nitrogen and oxygen atoms in total. The molecule has 0 radical (unpaired) electrons. The highest BCUT2D eigenvalue weighted by Gasteiger charge is 2.45. The van der Waals surface area contributed by atoms with Crippen LogP contribution in [0.5, 0.6) is 0 Å². The van der Waals surface area contributed by atoms with Gasteiger partial charge in [-0.05, 0) is 50.2 Å². The summed E-state index contributed by atoms with van der Waals surface area (Å²) >= 11 is 0. The van der Waals surface area contributed by atoms with Gasteiger partial charge in [0.15, 0.2) is 0 Å². The lowest BCUT2D eigenvalue weighted by Crippen LogP contribution is -2.55. The van der Waals surface area contributed by atoms with Crippen molar-refractivity contribution >= 4 is 5.65 Å². The first-order valence-electron chi connectivity index (χ1n) is 9.98. The van der Waals surface area contributed by atoms with E-state index in [2.05, 4.69) is 16.8 Å². The molecule has 0 saturated carbocycles. The van der Waals surface area contributed by atoms with Crippen LogP contribution in [0.4, 0.5) is 0 Å². The van der Waals surface area contributed by atoms with Crippen molar-refractivity contribution < 1.29 is 9.84 Å². The molecule has 0 unspecified atom stereocenters. The number of aliphatic hydroxyl groups is 1. The fourth-order valence-electron chi connectivity index (χ4n) is 4.84. The van der Waals surface area contributed by atoms with Crippen molar-refractivity contribution in [1.29, 1.82) is 0 Å². The van der Waals surface area contributed by atoms with Gasteiger partial charge in [0, 0.05) is 44.6 Å². The molecular formula is C21H29N3O3. The van der Waals surface area contributed by atoms with Gasteiger partial charge in [0.1, 0.15) is 5.65 Å². The molecule has 2 aliphatic heterocycles. The second-order valence-electron chi connectivity index (χ2n) is 8.21. The van der Waals surface area contributed by atoms with Crippen molar-refractivity contribution in [2.45, 2.75) is 45.3 Å². The number of pyridine rings is 1. The summed E-state index contributed by atoms with van der Waals surface area (Å²) < 4.78 is 7.11. The lowest BCUT2D eigenvalue weighted by atomic mass is 9.70. The number of fused-ring (bicyclic) bond motifs is 1. The van der Waals surface area contributed by atoms with Gasteiger partial charge >= 0.3 is 0 Å². The fraction of sp³-hybridized carbons (Fsp3) is 0.619. The summed E-state index contributed by atoms with van der Waals surface area (Å²) in [4.78, 5) is 19.5. The number of hydrogen-bond donors (Lipinski definition) is 1. The number of rotatable bonds is 3. The van der Waals surface area contributed by atoms with Crippen LogP contribution in [0.1, 0.15) is 37.6 Å². The fourth-order valence-corrected chi connectivity index (χ4v) is 4.84. The Hall–Kier alpha value is -1.76. The zero-order chi connectivity index (χ0) is 19.0. The number of piperidine rings is 1. The number of ether oxygens (including phenoxy) is 1. The van der Waals surface area contributed by atoms with E-state index in [0.717, 1.165) is 57.0 Å². The van der Waals surface area contributed by atoms with Gasteiger partial charge in [-0.25, -0.2) is 4.98 Å². The number of nitrogens with zero attached hydrogens (tertiary/aromatic N) is 3. The summed E-state index contributed by atoms with van der Waals surface area (Å²) in [7, 11) is 0. The van der Waals surface area contributed by atoms with E-state index in [1.165, 1.54) is 0 Å². The van der Waals surface area contributed by atoms with Crippen molar-refractivity contribution in [1.82, 2.24) is 14.3 Å². The molecule has 2 saturated heterocycles. The average Bonchev–Trinajstić information content (AvgIpc) is 2.65. The smallest absolute Gasteiger partial charge is 0.258 e. The van der Waals surface area contributed by atoms with Crippen LogP contribution in [-0.4, -0.2) is 51.3 Å². The van der Waals surface area contributed by atoms with Gasteiger partial charge in [-0.1, -0.05) is 13.0 Å². The zero-order valence-electron chi connectivity index (χ0n) is 16.2. The van der Waals surface area contributed by atoms with Crippen LogP contribution >= 0.6 is 0 Å². The van der Waals surface area contributed by atoms with Crippen molar-refractivity contribution in [3.63, 3.8) is 0 Å². The summed E-state index contributed by atoms with van der Waals surface area (Å²) in [6, 6.07) is 7.36. The predicted octanol–water partition coefficient (Wildman–Crippen LogP) is 2.00. The van der Waals surface area contributed by atoms with Crippen LogP contribution < -0.4 is 5.56 Å². The molecule has 0 spiro atoms. The Balaban J connectivity index is 1.49. The minimum atomic E-state index is -0.603. The quantitative estimate of drug-likeness (QED) is 0.894. The van der Waals surface area contributed by atoms with E-state index in [4.69, 9.17) is 4.74 Å². The molecule has 1 N–H and O–H groups in total. The SMILES string of the molecule is Cc1cccc2nc(CN3CC[C@@](O)(C4CCOCC4)[C@H](C)C3)cc(=O)n12. The summed E-state index contributed by atoms with van der Waals surface area (Å²) in [5.41, 5.74) is 1.76. The van der Waals surface area contributed by atoms with E-state index >= 15 is 0 Å². The van der Waals surface area contributed by atoms with Crippen LogP contribution in [0, 0.1) is 18.8 Å². The van der Waals surface area contributed by atoms with Crippen molar-refractivity contribution in [3.8, 4) is 0 Å². The van der Waals surface area contributed by atoms with Crippen LogP contribution in [-0.2, 0) is 11.3 Å². The van der Waals surface area contributed by atoms with Crippen molar-refractivity contribution in [2.24, 2.45) is 11.8 Å². The molecule has 2 aromatic heterocycles. The lowest BCUT2D eigenvalue weighted by Gasteiger charge is -2.48. The number of likely N-dealkylation sites (tertiary alicyclic amines) is 1. The van der Waals surface area contributed by atoms with Crippen LogP contribution in [0.25, 0.3) is 5.65 Å². The molecule has 2 aromatic rings. The standard InChI is InChI=1S/C21H29N3O3/c1-15-13-23(9-8-21(15,26)17-6-10-27-11-7-17)14-18-12-20(25)24-16(2)4-3-5-19(24)22-18/h3-5,12,15,17,26H,6-11,13-14H2,1-2H3/t15-,21+/m1/s1. The van der Waals surface area contributed by atoms with Crippen molar-refractivity contribution in [3.05, 3.63) is 46.0 Å². The van der Waals surface area contributed by atoms with Gasteiger partial charge < -0.3 is 9.84 Å². The summed E-state index contributed by atoms with van der Waals surface area (Å²) in [6.07, 6.45) is 2.66. The van der Waals surface area contributed by atoms with E-state index in [9.17, 15) is 9.90 Å². The Morgan fingerprint density at radius 2 is 2.11 bits per heavy atom. The highest BCUT2D eigenvalue weighted by molar-refractivity contribution is 5.40. The molecule has 2 aliphatic rings. The Kier molecular flexibility index (Phi) is 5.05. The van der Waals surface area contributed by atoms with Gasteiger partial charge in [-0.2, -0.15) is 0 Å². The van der Waals surface area contributed by atoms with Crippen LogP contribution in [0.15, 0.2) is 29.1 Å². The third kappa shape index (κ3) is 3.53. The second kappa shape index (κ2) is 7.34. The molecule has 0 amide bonds. The highest BCUT2D eigenvalue weighted by atomic mass is 16.5. The molecule has 0 aliphatic carbocycles. The molecular weight excluding hydrogens is 342 g/mol. The highest BCUT2D eigenvalue weighted by Crippen LogP contribution is 2.39. The molecule has 2 fully saturated rings. The molecule has 4 rings (SSSR count). The Labute approximate surface area is 159 Å².